The van der Waals surface area contributed by atoms with Crippen LogP contribution >= 0.6 is 0 Å². The van der Waals surface area contributed by atoms with E-state index in [0.29, 0.717) is 6.42 Å². The molecule has 0 rings (SSSR count). The van der Waals surface area contributed by atoms with Gasteiger partial charge in [-0.2, -0.15) is 0 Å². The second-order valence-corrected chi connectivity index (χ2v) is 2.40. The third kappa shape index (κ3) is 7.10. The summed E-state index contributed by atoms with van der Waals surface area (Å²) in [6, 6.07) is 0. The first kappa shape index (κ1) is 10.2. The molecule has 0 aromatic carbocycles. The van der Waals surface area contributed by atoms with Crippen molar-refractivity contribution >= 4 is 5.91 Å². The van der Waals surface area contributed by atoms with Gasteiger partial charge in [0.15, 0.2) is 0 Å². The lowest BCUT2D eigenvalue weighted by Crippen LogP contribution is -2.23. The summed E-state index contributed by atoms with van der Waals surface area (Å²) in [5.41, 5.74) is 0. The molecule has 11 heavy (non-hydrogen) atoms. The summed E-state index contributed by atoms with van der Waals surface area (Å²) in [4.78, 5) is 10.8. The Hall–Kier alpha value is -0.790. The summed E-state index contributed by atoms with van der Waals surface area (Å²) in [7, 11) is 0. The van der Waals surface area contributed by atoms with E-state index in [1.165, 1.54) is 0 Å². The van der Waals surface area contributed by atoms with E-state index in [0.717, 1.165) is 25.8 Å². The van der Waals surface area contributed by atoms with E-state index < -0.39 is 0 Å². The van der Waals surface area contributed by atoms with Gasteiger partial charge in [0.25, 0.3) is 0 Å². The molecule has 1 radical (unpaired) electrons. The average Bonchev–Trinajstić information content (AvgIpc) is 1.99. The van der Waals surface area contributed by atoms with Crippen molar-refractivity contribution < 1.29 is 4.79 Å². The van der Waals surface area contributed by atoms with Crippen LogP contribution < -0.4 is 5.32 Å². The smallest absolute Gasteiger partial charge is 0.223 e. The molecule has 0 saturated carbocycles. The van der Waals surface area contributed by atoms with Crippen molar-refractivity contribution in [2.75, 3.05) is 6.54 Å². The lowest BCUT2D eigenvalue weighted by molar-refractivity contribution is -0.120. The molecule has 0 unspecified atom stereocenters. The quantitative estimate of drug-likeness (QED) is 0.457. The molecule has 2 nitrogen and oxygen atoms in total. The van der Waals surface area contributed by atoms with Crippen LogP contribution in [0.3, 0.4) is 0 Å². The van der Waals surface area contributed by atoms with Crippen molar-refractivity contribution in [1.82, 2.24) is 5.32 Å². The molecule has 1 amide bonds. The molecule has 0 aliphatic heterocycles. The van der Waals surface area contributed by atoms with Crippen molar-refractivity contribution in [2.24, 2.45) is 0 Å². The van der Waals surface area contributed by atoms with Gasteiger partial charge in [-0.1, -0.05) is 25.8 Å². The van der Waals surface area contributed by atoms with Gasteiger partial charge in [0.1, 0.15) is 0 Å². The Morgan fingerprint density at radius 1 is 1.45 bits per heavy atom. The highest BCUT2D eigenvalue weighted by molar-refractivity contribution is 5.77. The van der Waals surface area contributed by atoms with Crippen LogP contribution in [0.4, 0.5) is 0 Å². The van der Waals surface area contributed by atoms with Gasteiger partial charge in [0, 0.05) is 13.0 Å². The summed E-state index contributed by atoms with van der Waals surface area (Å²) in [5, 5.41) is 2.78. The number of carbonyl (C=O) groups is 1. The fraction of sp³-hybridized carbons (Fsp3) is 0.556. The molecular weight excluding hydrogens is 138 g/mol. The molecule has 0 atom stereocenters. The van der Waals surface area contributed by atoms with Crippen LogP contribution in [-0.2, 0) is 4.79 Å². The number of unbranched alkanes of at least 4 members (excludes halogenated alkanes) is 2. The fourth-order valence-electron chi connectivity index (χ4n) is 0.733. The number of amides is 1. The molecule has 0 aromatic rings. The van der Waals surface area contributed by atoms with Crippen LogP contribution in [0.5, 0.6) is 0 Å². The van der Waals surface area contributed by atoms with E-state index in [-0.39, 0.29) is 5.91 Å². The number of hydrogen-bond donors (Lipinski definition) is 1. The minimum Gasteiger partial charge on any atom is -0.356 e. The molecule has 1 N–H and O–H groups in total. The monoisotopic (exact) mass is 154 g/mol. The molecule has 2 heteroatoms. The summed E-state index contributed by atoms with van der Waals surface area (Å²) in [6.07, 6.45) is 5.07. The number of hydrogen-bond acceptors (Lipinski definition) is 1. The highest BCUT2D eigenvalue weighted by Crippen LogP contribution is 1.90. The maximum absolute atomic E-state index is 10.8. The van der Waals surface area contributed by atoms with Gasteiger partial charge in [-0.3, -0.25) is 4.79 Å². The van der Waals surface area contributed by atoms with E-state index in [4.69, 9.17) is 0 Å². The molecular formula is C9H16NO. The number of carbonyl (C=O) groups excluding carboxylic acids is 1. The Bertz CT molecular complexity index is 121. The standard InChI is InChI=1S/C9H16NO/c1-3-5-6-8-10-9(11)7-4-2/h4H,1-3,5-8H2,(H,10,11). The Labute approximate surface area is 68.7 Å². The van der Waals surface area contributed by atoms with E-state index in [9.17, 15) is 4.79 Å². The molecule has 0 fully saturated rings. The topological polar surface area (TPSA) is 29.1 Å². The molecule has 63 valence electrons. The second-order valence-electron chi connectivity index (χ2n) is 2.40. The van der Waals surface area contributed by atoms with Crippen LogP contribution in [-0.4, -0.2) is 12.5 Å². The summed E-state index contributed by atoms with van der Waals surface area (Å²) in [5.74, 6) is 0.0593. The van der Waals surface area contributed by atoms with E-state index in [1.54, 1.807) is 6.08 Å². The maximum atomic E-state index is 10.8. The summed E-state index contributed by atoms with van der Waals surface area (Å²) < 4.78 is 0. The van der Waals surface area contributed by atoms with Gasteiger partial charge in [-0.15, -0.1) is 6.58 Å². The Balaban J connectivity index is 3.10. The minimum atomic E-state index is 0.0593. The van der Waals surface area contributed by atoms with Crippen molar-refractivity contribution in [1.29, 1.82) is 0 Å². The number of nitrogens with one attached hydrogen (secondary N) is 1. The van der Waals surface area contributed by atoms with Crippen molar-refractivity contribution in [2.45, 2.75) is 25.7 Å². The zero-order chi connectivity index (χ0) is 8.53. The molecule has 0 bridgehead atoms. The van der Waals surface area contributed by atoms with E-state index in [1.807, 2.05) is 0 Å². The predicted molar refractivity (Wildman–Crippen MR) is 47.0 cm³/mol. The first-order valence-corrected chi connectivity index (χ1v) is 3.98. The summed E-state index contributed by atoms with van der Waals surface area (Å²) >= 11 is 0. The normalized spacial score (nSPS) is 9.18. The predicted octanol–water partition coefficient (Wildman–Crippen LogP) is 1.68. The second kappa shape index (κ2) is 7.32. The third-order valence-electron chi connectivity index (χ3n) is 1.33. The maximum Gasteiger partial charge on any atom is 0.223 e. The van der Waals surface area contributed by atoms with Gasteiger partial charge in [0.2, 0.25) is 5.91 Å². The van der Waals surface area contributed by atoms with Gasteiger partial charge < -0.3 is 5.32 Å². The highest BCUT2D eigenvalue weighted by atomic mass is 16.1. The highest BCUT2D eigenvalue weighted by Gasteiger charge is 1.94. The Kier molecular flexibility index (Phi) is 6.79. The molecule has 0 aromatic heterocycles. The van der Waals surface area contributed by atoms with Gasteiger partial charge in [0.05, 0.1) is 0 Å². The van der Waals surface area contributed by atoms with Crippen molar-refractivity contribution in [3.05, 3.63) is 19.6 Å². The molecule has 0 heterocycles. The van der Waals surface area contributed by atoms with Crippen LogP contribution in [0.25, 0.3) is 0 Å². The lowest BCUT2D eigenvalue weighted by Gasteiger charge is -2.01. The van der Waals surface area contributed by atoms with E-state index in [2.05, 4.69) is 18.8 Å². The zero-order valence-corrected chi connectivity index (χ0v) is 6.94. The van der Waals surface area contributed by atoms with Crippen LogP contribution in [0.1, 0.15) is 25.7 Å². The molecule has 0 spiro atoms. The SMILES string of the molecule is [CH2]CCCCNC(=O)CC=C. The lowest BCUT2D eigenvalue weighted by atomic mass is 10.2. The van der Waals surface area contributed by atoms with Crippen LogP contribution in [0, 0.1) is 6.92 Å². The molecule has 0 aliphatic carbocycles. The number of rotatable bonds is 6. The van der Waals surface area contributed by atoms with Crippen LogP contribution in [0.2, 0.25) is 0 Å². The zero-order valence-electron chi connectivity index (χ0n) is 6.94. The van der Waals surface area contributed by atoms with Crippen molar-refractivity contribution in [3.8, 4) is 0 Å². The molecule has 0 saturated heterocycles. The van der Waals surface area contributed by atoms with Crippen molar-refractivity contribution in [3.63, 3.8) is 0 Å². The Morgan fingerprint density at radius 2 is 2.18 bits per heavy atom. The first-order chi connectivity index (χ1) is 5.31. The van der Waals surface area contributed by atoms with Crippen LogP contribution in [0.15, 0.2) is 12.7 Å². The summed E-state index contributed by atoms with van der Waals surface area (Å²) in [6.45, 7) is 7.95. The molecule has 0 aliphatic rings. The van der Waals surface area contributed by atoms with Gasteiger partial charge in [-0.05, 0) is 6.42 Å². The first-order valence-electron chi connectivity index (χ1n) is 3.98. The van der Waals surface area contributed by atoms with E-state index >= 15 is 0 Å². The van der Waals surface area contributed by atoms with Gasteiger partial charge >= 0.3 is 0 Å². The fourth-order valence-corrected chi connectivity index (χ4v) is 0.733. The average molecular weight is 154 g/mol. The third-order valence-corrected chi connectivity index (χ3v) is 1.33. The van der Waals surface area contributed by atoms with Gasteiger partial charge in [-0.25, -0.2) is 0 Å². The Morgan fingerprint density at radius 3 is 2.73 bits per heavy atom. The largest absolute Gasteiger partial charge is 0.356 e. The minimum absolute atomic E-state index is 0.0593.